The van der Waals surface area contributed by atoms with Crippen molar-refractivity contribution in [1.29, 1.82) is 0 Å². The van der Waals surface area contributed by atoms with Gasteiger partial charge in [-0.3, -0.25) is 0 Å². The lowest BCUT2D eigenvalue weighted by Crippen LogP contribution is -2.40. The first kappa shape index (κ1) is 14.5. The Morgan fingerprint density at radius 2 is 2.15 bits per heavy atom. The van der Waals surface area contributed by atoms with Crippen molar-refractivity contribution in [3.63, 3.8) is 0 Å². The molecule has 2 aliphatic carbocycles. The third-order valence-corrected chi connectivity index (χ3v) is 6.91. The zero-order valence-electron chi connectivity index (χ0n) is 11.8. The van der Waals surface area contributed by atoms with Crippen LogP contribution in [0, 0.1) is 5.41 Å². The summed E-state index contributed by atoms with van der Waals surface area (Å²) in [6, 6.07) is 2.31. The topological polar surface area (TPSA) is 58.2 Å². The molecule has 0 spiro atoms. The molecule has 0 unspecified atom stereocenters. The maximum Gasteiger partial charge on any atom is 0.241 e. The highest BCUT2D eigenvalue weighted by Crippen LogP contribution is 2.39. The minimum atomic E-state index is -3.36. The fourth-order valence-corrected chi connectivity index (χ4v) is 5.12. The molecule has 2 fully saturated rings. The number of hydrogen-bond donors (Lipinski definition) is 2. The third-order valence-electron chi connectivity index (χ3n) is 4.37. The summed E-state index contributed by atoms with van der Waals surface area (Å²) in [5, 5.41) is 5.25. The van der Waals surface area contributed by atoms with Gasteiger partial charge in [-0.1, -0.05) is 13.3 Å². The molecule has 0 amide bonds. The Hall–Kier alpha value is -0.430. The van der Waals surface area contributed by atoms with Crippen molar-refractivity contribution in [3.8, 4) is 0 Å². The number of thiophene rings is 1. The predicted molar refractivity (Wildman–Crippen MR) is 81.3 cm³/mol. The predicted octanol–water partition coefficient (Wildman–Crippen LogP) is 2.47. The van der Waals surface area contributed by atoms with E-state index in [1.807, 2.05) is 5.38 Å². The molecule has 3 rings (SSSR count). The van der Waals surface area contributed by atoms with Crippen molar-refractivity contribution in [3.05, 3.63) is 16.3 Å². The van der Waals surface area contributed by atoms with E-state index in [1.54, 1.807) is 6.07 Å². The minimum Gasteiger partial charge on any atom is -0.309 e. The average molecular weight is 314 g/mol. The molecule has 2 N–H and O–H groups in total. The SMILES string of the molecule is CC1(CNS(=O)(=O)c2ccsc2CNC2CC2)CCC1. The summed E-state index contributed by atoms with van der Waals surface area (Å²) in [6.45, 7) is 3.37. The van der Waals surface area contributed by atoms with Crippen LogP contribution in [0.5, 0.6) is 0 Å². The van der Waals surface area contributed by atoms with Crippen LogP contribution in [0.15, 0.2) is 16.3 Å². The first-order valence-electron chi connectivity index (χ1n) is 7.28. The van der Waals surface area contributed by atoms with Gasteiger partial charge in [0.2, 0.25) is 10.0 Å². The first-order valence-corrected chi connectivity index (χ1v) is 9.64. The molecule has 0 aromatic carbocycles. The van der Waals surface area contributed by atoms with Crippen molar-refractivity contribution >= 4 is 21.4 Å². The van der Waals surface area contributed by atoms with Gasteiger partial charge >= 0.3 is 0 Å². The highest BCUT2D eigenvalue weighted by Gasteiger charge is 2.33. The number of rotatable bonds is 7. The van der Waals surface area contributed by atoms with E-state index in [-0.39, 0.29) is 5.41 Å². The Morgan fingerprint density at radius 1 is 1.40 bits per heavy atom. The molecule has 1 aromatic rings. The van der Waals surface area contributed by atoms with Gasteiger partial charge in [-0.2, -0.15) is 0 Å². The van der Waals surface area contributed by atoms with E-state index in [0.29, 0.717) is 24.0 Å². The van der Waals surface area contributed by atoms with Gasteiger partial charge in [-0.15, -0.1) is 11.3 Å². The molecular formula is C14H22N2O2S2. The maximum atomic E-state index is 12.4. The van der Waals surface area contributed by atoms with E-state index in [9.17, 15) is 8.42 Å². The van der Waals surface area contributed by atoms with Crippen LogP contribution in [-0.4, -0.2) is 21.0 Å². The van der Waals surface area contributed by atoms with Gasteiger partial charge in [0.15, 0.2) is 0 Å². The highest BCUT2D eigenvalue weighted by atomic mass is 32.2. The van der Waals surface area contributed by atoms with Gasteiger partial charge < -0.3 is 5.32 Å². The largest absolute Gasteiger partial charge is 0.309 e. The van der Waals surface area contributed by atoms with E-state index >= 15 is 0 Å². The molecule has 6 heteroatoms. The molecule has 4 nitrogen and oxygen atoms in total. The second-order valence-corrected chi connectivity index (χ2v) is 9.09. The lowest BCUT2D eigenvalue weighted by molar-refractivity contribution is 0.166. The lowest BCUT2D eigenvalue weighted by atomic mass is 9.71. The Morgan fingerprint density at radius 3 is 2.75 bits per heavy atom. The second kappa shape index (κ2) is 5.40. The molecule has 1 heterocycles. The molecule has 0 saturated heterocycles. The molecule has 0 bridgehead atoms. The van der Waals surface area contributed by atoms with E-state index < -0.39 is 10.0 Å². The summed E-state index contributed by atoms with van der Waals surface area (Å²) in [4.78, 5) is 1.38. The van der Waals surface area contributed by atoms with Gasteiger partial charge in [-0.25, -0.2) is 13.1 Å². The second-order valence-electron chi connectivity index (χ2n) is 6.35. The maximum absolute atomic E-state index is 12.4. The fourth-order valence-electron chi connectivity index (χ4n) is 2.53. The van der Waals surface area contributed by atoms with Crippen LogP contribution in [0.25, 0.3) is 0 Å². The van der Waals surface area contributed by atoms with Gasteiger partial charge in [0.25, 0.3) is 0 Å². The molecule has 0 radical (unpaired) electrons. The van der Waals surface area contributed by atoms with Crippen LogP contribution >= 0.6 is 11.3 Å². The van der Waals surface area contributed by atoms with Crippen molar-refractivity contribution in [1.82, 2.24) is 10.0 Å². The smallest absolute Gasteiger partial charge is 0.241 e. The number of hydrogen-bond acceptors (Lipinski definition) is 4. The Kier molecular flexibility index (Phi) is 3.92. The third kappa shape index (κ3) is 3.24. The minimum absolute atomic E-state index is 0.162. The molecule has 20 heavy (non-hydrogen) atoms. The van der Waals surface area contributed by atoms with Crippen molar-refractivity contribution in [2.75, 3.05) is 6.54 Å². The molecule has 112 valence electrons. The summed E-state index contributed by atoms with van der Waals surface area (Å²) in [5.74, 6) is 0. The molecule has 2 aliphatic rings. The zero-order valence-corrected chi connectivity index (χ0v) is 13.4. The van der Waals surface area contributed by atoms with E-state index in [2.05, 4.69) is 17.0 Å². The number of sulfonamides is 1. The van der Waals surface area contributed by atoms with Crippen LogP contribution in [-0.2, 0) is 16.6 Å². The highest BCUT2D eigenvalue weighted by molar-refractivity contribution is 7.89. The van der Waals surface area contributed by atoms with Crippen LogP contribution in [0.3, 0.4) is 0 Å². The first-order chi connectivity index (χ1) is 9.49. The van der Waals surface area contributed by atoms with Crippen LogP contribution < -0.4 is 10.0 Å². The monoisotopic (exact) mass is 314 g/mol. The zero-order chi connectivity index (χ0) is 14.2. The van der Waals surface area contributed by atoms with E-state index in [1.165, 1.54) is 30.6 Å². The Bertz CT molecular complexity index is 572. The van der Waals surface area contributed by atoms with Crippen molar-refractivity contribution < 1.29 is 8.42 Å². The van der Waals surface area contributed by atoms with Crippen LogP contribution in [0.1, 0.15) is 43.9 Å². The average Bonchev–Trinajstić information content (AvgIpc) is 3.08. The molecule has 0 aliphatic heterocycles. The van der Waals surface area contributed by atoms with Crippen molar-refractivity contribution in [2.45, 2.75) is 56.5 Å². The number of nitrogens with one attached hydrogen (secondary N) is 2. The summed E-state index contributed by atoms with van der Waals surface area (Å²) >= 11 is 1.52. The van der Waals surface area contributed by atoms with Gasteiger partial charge in [0.1, 0.15) is 0 Å². The van der Waals surface area contributed by atoms with Gasteiger partial charge in [0, 0.05) is 24.0 Å². The summed E-state index contributed by atoms with van der Waals surface area (Å²) in [5.41, 5.74) is 0.162. The Labute approximate surface area is 125 Å². The van der Waals surface area contributed by atoms with E-state index in [0.717, 1.165) is 17.7 Å². The standard InChI is InChI=1S/C14H22N2O2S2/c1-14(6-2-7-14)10-16-20(17,18)13-5-8-19-12(13)9-15-11-3-4-11/h5,8,11,15-16H,2-4,6-7,9-10H2,1H3. The molecule has 2 saturated carbocycles. The normalized spacial score (nSPS) is 21.6. The fraction of sp³-hybridized carbons (Fsp3) is 0.714. The summed E-state index contributed by atoms with van der Waals surface area (Å²) < 4.78 is 27.7. The molecule has 0 atom stereocenters. The van der Waals surface area contributed by atoms with Crippen LogP contribution in [0.4, 0.5) is 0 Å². The summed E-state index contributed by atoms with van der Waals surface area (Å²) in [7, 11) is -3.36. The lowest BCUT2D eigenvalue weighted by Gasteiger charge is -2.38. The molecule has 1 aromatic heterocycles. The summed E-state index contributed by atoms with van der Waals surface area (Å²) in [6.07, 6.45) is 5.88. The quantitative estimate of drug-likeness (QED) is 0.813. The van der Waals surface area contributed by atoms with Crippen molar-refractivity contribution in [2.24, 2.45) is 5.41 Å². The van der Waals surface area contributed by atoms with E-state index in [4.69, 9.17) is 0 Å². The van der Waals surface area contributed by atoms with Gasteiger partial charge in [-0.05, 0) is 42.5 Å². The Balaban J connectivity index is 1.65. The van der Waals surface area contributed by atoms with Crippen LogP contribution in [0.2, 0.25) is 0 Å². The van der Waals surface area contributed by atoms with Gasteiger partial charge in [0.05, 0.1) is 4.90 Å². The molecular weight excluding hydrogens is 292 g/mol.